The fourth-order valence-corrected chi connectivity index (χ4v) is 1.75. The third kappa shape index (κ3) is 6.63. The second-order valence-corrected chi connectivity index (χ2v) is 4.52. The first-order valence-electron chi connectivity index (χ1n) is 6.84. The minimum absolute atomic E-state index is 0.0121. The molecule has 0 bridgehead atoms. The van der Waals surface area contributed by atoms with Crippen molar-refractivity contribution in [2.75, 3.05) is 33.5 Å². The van der Waals surface area contributed by atoms with E-state index in [0.717, 1.165) is 25.0 Å². The van der Waals surface area contributed by atoms with E-state index in [4.69, 9.17) is 14.7 Å². The molecule has 0 aliphatic carbocycles. The molecule has 1 rings (SSSR count). The molecule has 0 amide bonds. The number of nitrogens with zero attached hydrogens (tertiary/aromatic N) is 1. The van der Waals surface area contributed by atoms with Crippen molar-refractivity contribution in [3.8, 4) is 6.07 Å². The van der Waals surface area contributed by atoms with Crippen molar-refractivity contribution in [1.82, 2.24) is 5.32 Å². The summed E-state index contributed by atoms with van der Waals surface area (Å²) >= 11 is 0. The van der Waals surface area contributed by atoms with Crippen LogP contribution in [0.5, 0.6) is 0 Å². The highest BCUT2D eigenvalue weighted by Gasteiger charge is 2.10. The Kier molecular flexibility index (Phi) is 8.51. The van der Waals surface area contributed by atoms with Crippen molar-refractivity contribution in [2.24, 2.45) is 0 Å². The van der Waals surface area contributed by atoms with Gasteiger partial charge in [-0.1, -0.05) is 0 Å². The summed E-state index contributed by atoms with van der Waals surface area (Å²) < 4.78 is 37.3. The molecule has 1 aromatic rings. The summed E-state index contributed by atoms with van der Waals surface area (Å²) in [5, 5.41) is 11.6. The highest BCUT2D eigenvalue weighted by atomic mass is 19.1. The first-order valence-corrected chi connectivity index (χ1v) is 6.84. The van der Waals surface area contributed by atoms with Crippen LogP contribution in [0.2, 0.25) is 0 Å². The van der Waals surface area contributed by atoms with Gasteiger partial charge >= 0.3 is 0 Å². The lowest BCUT2D eigenvalue weighted by atomic mass is 10.1. The summed E-state index contributed by atoms with van der Waals surface area (Å²) in [5.74, 6) is -1.39. The smallest absolute Gasteiger partial charge is 0.131 e. The van der Waals surface area contributed by atoms with Crippen LogP contribution in [0.25, 0.3) is 0 Å². The Morgan fingerprint density at radius 2 is 1.86 bits per heavy atom. The molecule has 6 heteroatoms. The summed E-state index contributed by atoms with van der Waals surface area (Å²) in [6.45, 7) is 2.55. The first-order chi connectivity index (χ1) is 10.2. The number of methoxy groups -OCH3 is 1. The van der Waals surface area contributed by atoms with Gasteiger partial charge in [-0.3, -0.25) is 0 Å². The average Bonchev–Trinajstić information content (AvgIpc) is 2.47. The second-order valence-electron chi connectivity index (χ2n) is 4.52. The quantitative estimate of drug-likeness (QED) is 0.674. The topological polar surface area (TPSA) is 54.3 Å². The van der Waals surface area contributed by atoms with E-state index in [2.05, 4.69) is 5.32 Å². The van der Waals surface area contributed by atoms with E-state index in [1.165, 1.54) is 0 Å². The summed E-state index contributed by atoms with van der Waals surface area (Å²) in [6.07, 6.45) is 1.72. The number of ether oxygens (including phenoxy) is 2. The van der Waals surface area contributed by atoms with Crippen LogP contribution in [0.4, 0.5) is 8.78 Å². The van der Waals surface area contributed by atoms with Gasteiger partial charge in [-0.05, 0) is 31.5 Å². The fourth-order valence-electron chi connectivity index (χ4n) is 1.75. The predicted octanol–water partition coefficient (Wildman–Crippen LogP) is 2.37. The third-order valence-corrected chi connectivity index (χ3v) is 2.90. The van der Waals surface area contributed by atoms with Gasteiger partial charge in [-0.25, -0.2) is 8.78 Å². The summed E-state index contributed by atoms with van der Waals surface area (Å²) in [4.78, 5) is 0. The maximum absolute atomic E-state index is 13.6. The van der Waals surface area contributed by atoms with Crippen molar-refractivity contribution in [3.63, 3.8) is 0 Å². The Morgan fingerprint density at radius 1 is 1.14 bits per heavy atom. The number of nitriles is 1. The van der Waals surface area contributed by atoms with Crippen LogP contribution < -0.4 is 5.32 Å². The molecule has 0 aromatic heterocycles. The molecule has 0 atom stereocenters. The maximum Gasteiger partial charge on any atom is 0.131 e. The molecule has 0 unspecified atom stereocenters. The van der Waals surface area contributed by atoms with Gasteiger partial charge in [-0.2, -0.15) is 5.26 Å². The molecule has 1 N–H and O–H groups in total. The molecule has 0 heterocycles. The summed E-state index contributed by atoms with van der Waals surface area (Å²) in [5.41, 5.74) is -0.0488. The van der Waals surface area contributed by atoms with Crippen molar-refractivity contribution in [2.45, 2.75) is 19.4 Å². The number of hydrogen-bond donors (Lipinski definition) is 1. The maximum atomic E-state index is 13.6. The number of hydrogen-bond acceptors (Lipinski definition) is 4. The molecule has 1 aromatic carbocycles. The van der Waals surface area contributed by atoms with E-state index >= 15 is 0 Å². The van der Waals surface area contributed by atoms with E-state index in [1.54, 1.807) is 13.2 Å². The normalized spacial score (nSPS) is 10.6. The number of nitrogens with one attached hydrogen (secondary N) is 1. The largest absolute Gasteiger partial charge is 0.382 e. The van der Waals surface area contributed by atoms with Crippen LogP contribution in [0.15, 0.2) is 12.1 Å². The van der Waals surface area contributed by atoms with Gasteiger partial charge in [0.2, 0.25) is 0 Å². The van der Waals surface area contributed by atoms with Crippen LogP contribution >= 0.6 is 0 Å². The van der Waals surface area contributed by atoms with Crippen molar-refractivity contribution < 1.29 is 18.3 Å². The van der Waals surface area contributed by atoms with Gasteiger partial charge in [0.25, 0.3) is 0 Å². The second kappa shape index (κ2) is 10.2. The molecule has 0 spiro atoms. The van der Waals surface area contributed by atoms with E-state index in [9.17, 15) is 8.78 Å². The summed E-state index contributed by atoms with van der Waals surface area (Å²) in [6, 6.07) is 3.81. The molecular weight excluding hydrogens is 278 g/mol. The number of halogens is 2. The van der Waals surface area contributed by atoms with Crippen LogP contribution in [-0.2, 0) is 16.0 Å². The van der Waals surface area contributed by atoms with Gasteiger partial charge in [-0.15, -0.1) is 0 Å². The lowest BCUT2D eigenvalue weighted by molar-refractivity contribution is 0.0688. The van der Waals surface area contributed by atoms with E-state index in [0.29, 0.717) is 26.4 Å². The molecule has 0 radical (unpaired) electrons. The van der Waals surface area contributed by atoms with Crippen LogP contribution in [-0.4, -0.2) is 33.5 Å². The third-order valence-electron chi connectivity index (χ3n) is 2.90. The zero-order valence-electron chi connectivity index (χ0n) is 12.1. The van der Waals surface area contributed by atoms with E-state index in [-0.39, 0.29) is 17.7 Å². The van der Waals surface area contributed by atoms with Crippen molar-refractivity contribution in [1.29, 1.82) is 5.26 Å². The van der Waals surface area contributed by atoms with Crippen LogP contribution in [0.3, 0.4) is 0 Å². The standard InChI is InChI=1S/C15H20F2N2O2/c1-20-6-7-21-5-3-2-4-19-11-13-14(16)8-12(10-18)9-15(13)17/h8-9,19H,2-7,11H2,1H3. The molecule has 0 fully saturated rings. The van der Waals surface area contributed by atoms with Gasteiger partial charge in [0.1, 0.15) is 11.6 Å². The molecule has 21 heavy (non-hydrogen) atoms. The predicted molar refractivity (Wildman–Crippen MR) is 74.7 cm³/mol. The lowest BCUT2D eigenvalue weighted by Gasteiger charge is -2.08. The van der Waals surface area contributed by atoms with Crippen molar-refractivity contribution in [3.05, 3.63) is 34.9 Å². The van der Waals surface area contributed by atoms with Crippen molar-refractivity contribution >= 4 is 0 Å². The molecule has 0 aliphatic heterocycles. The minimum atomic E-state index is -0.693. The Hall–Kier alpha value is -1.55. The van der Waals surface area contributed by atoms with Gasteiger partial charge in [0, 0.05) is 25.8 Å². The Bertz CT molecular complexity index is 452. The molecule has 0 saturated heterocycles. The molecule has 0 saturated carbocycles. The Balaban J connectivity index is 2.20. The van der Waals surface area contributed by atoms with Gasteiger partial charge in [0.05, 0.1) is 24.8 Å². The van der Waals surface area contributed by atoms with Crippen LogP contribution in [0, 0.1) is 23.0 Å². The van der Waals surface area contributed by atoms with Gasteiger partial charge < -0.3 is 14.8 Å². The number of rotatable bonds is 10. The highest BCUT2D eigenvalue weighted by Crippen LogP contribution is 2.14. The Morgan fingerprint density at radius 3 is 2.48 bits per heavy atom. The number of unbranched alkanes of at least 4 members (excludes halogenated alkanes) is 1. The molecular formula is C15H20F2N2O2. The highest BCUT2D eigenvalue weighted by molar-refractivity contribution is 5.34. The molecule has 0 aliphatic rings. The van der Waals surface area contributed by atoms with E-state index in [1.807, 2.05) is 0 Å². The zero-order chi connectivity index (χ0) is 15.5. The fraction of sp³-hybridized carbons (Fsp3) is 0.533. The zero-order valence-corrected chi connectivity index (χ0v) is 12.1. The summed E-state index contributed by atoms with van der Waals surface area (Å²) in [7, 11) is 1.62. The monoisotopic (exact) mass is 298 g/mol. The van der Waals surface area contributed by atoms with Gasteiger partial charge in [0.15, 0.2) is 0 Å². The molecule has 4 nitrogen and oxygen atoms in total. The SMILES string of the molecule is COCCOCCCCNCc1c(F)cc(C#N)cc1F. The Labute approximate surface area is 123 Å². The average molecular weight is 298 g/mol. The van der Waals surface area contributed by atoms with E-state index < -0.39 is 11.6 Å². The minimum Gasteiger partial charge on any atom is -0.382 e. The lowest BCUT2D eigenvalue weighted by Crippen LogP contribution is -2.17. The first kappa shape index (κ1) is 17.5. The molecule has 116 valence electrons. The van der Waals surface area contributed by atoms with Crippen LogP contribution in [0.1, 0.15) is 24.0 Å². The number of benzene rings is 1.